The van der Waals surface area contributed by atoms with Crippen molar-refractivity contribution >= 4 is 59.1 Å². The molecule has 4 aromatic rings. The van der Waals surface area contributed by atoms with E-state index >= 15 is 0 Å². The zero-order valence-corrected chi connectivity index (χ0v) is 20.0. The van der Waals surface area contributed by atoms with Gasteiger partial charge in [0.1, 0.15) is 10.6 Å². The Labute approximate surface area is 193 Å². The number of sulfonamides is 1. The monoisotopic (exact) mass is 488 g/mol. The Morgan fingerprint density at radius 3 is 2.50 bits per heavy atom. The number of benzene rings is 2. The van der Waals surface area contributed by atoms with Gasteiger partial charge in [0.25, 0.3) is 15.9 Å². The largest absolute Gasteiger partial charge is 0.494 e. The quantitative estimate of drug-likeness (QED) is 0.386. The molecule has 2 aromatic carbocycles. The van der Waals surface area contributed by atoms with Gasteiger partial charge < -0.3 is 4.74 Å². The lowest BCUT2D eigenvalue weighted by molar-refractivity contribution is 0.103. The smallest absolute Gasteiger partial charge is 0.269 e. The highest BCUT2D eigenvalue weighted by molar-refractivity contribution is 7.93. The summed E-state index contributed by atoms with van der Waals surface area (Å²) in [6, 6.07) is 12.0. The second-order valence-corrected chi connectivity index (χ2v) is 10.6. The molecule has 8 nitrogen and oxygen atoms in total. The fourth-order valence-electron chi connectivity index (χ4n) is 2.91. The normalized spacial score (nSPS) is 11.5. The maximum Gasteiger partial charge on any atom is 0.269 e. The van der Waals surface area contributed by atoms with Crippen molar-refractivity contribution in [1.29, 1.82) is 0 Å². The van der Waals surface area contributed by atoms with Crippen molar-refractivity contribution in [3.8, 4) is 5.75 Å². The molecule has 0 radical (unpaired) electrons. The van der Waals surface area contributed by atoms with E-state index < -0.39 is 15.9 Å². The second kappa shape index (κ2) is 8.85. The Hall–Kier alpha value is -3.02. The van der Waals surface area contributed by atoms with Crippen LogP contribution >= 0.6 is 22.7 Å². The number of hydrogen-bond acceptors (Lipinski definition) is 8. The number of amides is 1. The molecule has 0 aliphatic carbocycles. The third kappa shape index (κ3) is 4.74. The predicted molar refractivity (Wildman–Crippen MR) is 128 cm³/mol. The molecule has 1 amide bonds. The van der Waals surface area contributed by atoms with E-state index in [0.29, 0.717) is 22.3 Å². The van der Waals surface area contributed by atoms with Crippen molar-refractivity contribution in [3.63, 3.8) is 0 Å². The molecule has 166 valence electrons. The SMILES string of the molecule is CCOc1ccc2nc(NC(=O)c3sc(NS(=O)(=O)c4ccc(C)cc4)nc3C)sc2c1. The van der Waals surface area contributed by atoms with E-state index in [1.165, 1.54) is 23.5 Å². The molecular formula is C21H20N4O4S3. The third-order valence-corrected chi connectivity index (χ3v) is 7.94. The van der Waals surface area contributed by atoms with Crippen LogP contribution < -0.4 is 14.8 Å². The van der Waals surface area contributed by atoms with Gasteiger partial charge in [0.15, 0.2) is 10.3 Å². The van der Waals surface area contributed by atoms with Crippen LogP contribution in [-0.4, -0.2) is 30.9 Å². The maximum atomic E-state index is 12.8. The van der Waals surface area contributed by atoms with Gasteiger partial charge in [-0.25, -0.2) is 18.4 Å². The van der Waals surface area contributed by atoms with Crippen LogP contribution in [0.25, 0.3) is 10.2 Å². The topological polar surface area (TPSA) is 110 Å². The summed E-state index contributed by atoms with van der Waals surface area (Å²) in [4.78, 5) is 21.9. The Morgan fingerprint density at radius 2 is 1.78 bits per heavy atom. The predicted octanol–water partition coefficient (Wildman–Crippen LogP) is 4.82. The molecule has 2 aromatic heterocycles. The summed E-state index contributed by atoms with van der Waals surface area (Å²) < 4.78 is 34.0. The fraction of sp³-hybridized carbons (Fsp3) is 0.190. The summed E-state index contributed by atoms with van der Waals surface area (Å²) in [7, 11) is -3.80. The highest BCUT2D eigenvalue weighted by atomic mass is 32.2. The molecule has 0 atom stereocenters. The average molecular weight is 489 g/mol. The van der Waals surface area contributed by atoms with E-state index in [9.17, 15) is 13.2 Å². The minimum absolute atomic E-state index is 0.124. The molecule has 4 rings (SSSR count). The van der Waals surface area contributed by atoms with Crippen molar-refractivity contribution in [2.75, 3.05) is 16.6 Å². The van der Waals surface area contributed by atoms with Crippen LogP contribution in [-0.2, 0) is 10.0 Å². The van der Waals surface area contributed by atoms with Crippen LogP contribution in [0.3, 0.4) is 0 Å². The average Bonchev–Trinajstić information content (AvgIpc) is 3.30. The summed E-state index contributed by atoms with van der Waals surface area (Å²) >= 11 is 2.30. The number of anilines is 2. The summed E-state index contributed by atoms with van der Waals surface area (Å²) in [5.74, 6) is 0.343. The number of aryl methyl sites for hydroxylation is 2. The molecular weight excluding hydrogens is 468 g/mol. The molecule has 0 aliphatic heterocycles. The Balaban J connectivity index is 1.51. The first-order valence-corrected chi connectivity index (χ1v) is 12.8. The first-order valence-electron chi connectivity index (χ1n) is 9.67. The van der Waals surface area contributed by atoms with Crippen molar-refractivity contribution in [3.05, 3.63) is 58.6 Å². The van der Waals surface area contributed by atoms with Crippen molar-refractivity contribution in [2.45, 2.75) is 25.7 Å². The molecule has 0 spiro atoms. The first kappa shape index (κ1) is 22.2. The van der Waals surface area contributed by atoms with E-state index in [1.54, 1.807) is 19.1 Å². The zero-order valence-electron chi connectivity index (χ0n) is 17.5. The molecule has 2 heterocycles. The third-order valence-electron chi connectivity index (χ3n) is 4.45. The van der Waals surface area contributed by atoms with E-state index in [1.807, 2.05) is 32.0 Å². The molecule has 0 aliphatic rings. The summed E-state index contributed by atoms with van der Waals surface area (Å²) in [5, 5.41) is 3.34. The van der Waals surface area contributed by atoms with Crippen molar-refractivity contribution in [1.82, 2.24) is 9.97 Å². The van der Waals surface area contributed by atoms with E-state index in [-0.39, 0.29) is 10.0 Å². The molecule has 0 fully saturated rings. The summed E-state index contributed by atoms with van der Waals surface area (Å²) in [5.41, 5.74) is 2.13. The molecule has 0 bridgehead atoms. The fourth-order valence-corrected chi connectivity index (χ4v) is 5.90. The van der Waals surface area contributed by atoms with Crippen LogP contribution in [0.15, 0.2) is 47.4 Å². The minimum Gasteiger partial charge on any atom is -0.494 e. The van der Waals surface area contributed by atoms with Crippen LogP contribution in [0.1, 0.15) is 27.9 Å². The van der Waals surface area contributed by atoms with Crippen LogP contribution in [0.2, 0.25) is 0 Å². The van der Waals surface area contributed by atoms with Gasteiger partial charge in [0.2, 0.25) is 0 Å². The maximum absolute atomic E-state index is 12.8. The Kier molecular flexibility index (Phi) is 6.13. The highest BCUT2D eigenvalue weighted by Gasteiger charge is 2.21. The number of thiazole rings is 2. The van der Waals surface area contributed by atoms with E-state index in [0.717, 1.165) is 32.9 Å². The minimum atomic E-state index is -3.80. The lowest BCUT2D eigenvalue weighted by Crippen LogP contribution is -2.12. The number of hydrogen-bond donors (Lipinski definition) is 2. The number of carbonyl (C=O) groups excluding carboxylic acids is 1. The zero-order chi connectivity index (χ0) is 22.9. The number of fused-ring (bicyclic) bond motifs is 1. The second-order valence-electron chi connectivity index (χ2n) is 6.89. The van der Waals surface area contributed by atoms with Gasteiger partial charge in [-0.05, 0) is 51.1 Å². The molecule has 2 N–H and O–H groups in total. The first-order chi connectivity index (χ1) is 15.2. The van der Waals surface area contributed by atoms with Crippen molar-refractivity contribution < 1.29 is 17.9 Å². The number of nitrogens with zero attached hydrogens (tertiary/aromatic N) is 2. The van der Waals surface area contributed by atoms with Gasteiger partial charge in [-0.3, -0.25) is 14.8 Å². The van der Waals surface area contributed by atoms with Crippen LogP contribution in [0.5, 0.6) is 5.75 Å². The Morgan fingerprint density at radius 1 is 1.03 bits per heavy atom. The Bertz CT molecular complexity index is 1390. The number of ether oxygens (including phenoxy) is 1. The van der Waals surface area contributed by atoms with Crippen molar-refractivity contribution in [2.24, 2.45) is 0 Å². The van der Waals surface area contributed by atoms with Gasteiger partial charge in [-0.1, -0.05) is 40.4 Å². The molecule has 11 heteroatoms. The standard InChI is InChI=1S/C21H20N4O4S3/c1-4-29-14-7-10-16-17(11-14)30-20(23-16)24-19(26)18-13(3)22-21(31-18)25-32(27,28)15-8-5-12(2)6-9-15/h5-11H,4H2,1-3H3,(H,22,25)(H,23,24,26). The lowest BCUT2D eigenvalue weighted by atomic mass is 10.2. The van der Waals surface area contributed by atoms with Crippen LogP contribution in [0.4, 0.5) is 10.3 Å². The number of aromatic nitrogens is 2. The highest BCUT2D eigenvalue weighted by Crippen LogP contribution is 2.31. The molecule has 0 unspecified atom stereocenters. The lowest BCUT2D eigenvalue weighted by Gasteiger charge is -2.05. The molecule has 0 saturated carbocycles. The van der Waals surface area contributed by atoms with Gasteiger partial charge >= 0.3 is 0 Å². The van der Waals surface area contributed by atoms with E-state index in [4.69, 9.17) is 4.74 Å². The summed E-state index contributed by atoms with van der Waals surface area (Å²) in [6.07, 6.45) is 0. The van der Waals surface area contributed by atoms with Gasteiger partial charge in [-0.15, -0.1) is 0 Å². The van der Waals surface area contributed by atoms with Gasteiger partial charge in [-0.2, -0.15) is 0 Å². The van der Waals surface area contributed by atoms with E-state index in [2.05, 4.69) is 20.0 Å². The van der Waals surface area contributed by atoms with Crippen LogP contribution in [0, 0.1) is 13.8 Å². The number of carbonyl (C=O) groups is 1. The molecule has 0 saturated heterocycles. The number of nitrogens with one attached hydrogen (secondary N) is 2. The van der Waals surface area contributed by atoms with Gasteiger partial charge in [0, 0.05) is 0 Å². The summed E-state index contributed by atoms with van der Waals surface area (Å²) in [6.45, 7) is 6.01. The number of rotatable bonds is 7. The molecule has 32 heavy (non-hydrogen) atoms. The van der Waals surface area contributed by atoms with Gasteiger partial charge in [0.05, 0.1) is 27.4 Å².